The minimum absolute atomic E-state index is 0.123. The second-order valence-corrected chi connectivity index (χ2v) is 7.61. The number of anilines is 1. The second kappa shape index (κ2) is 7.87. The largest absolute Gasteiger partial charge is 0.326 e. The number of benzene rings is 1. The van der Waals surface area contributed by atoms with Crippen molar-refractivity contribution in [1.29, 1.82) is 0 Å². The van der Waals surface area contributed by atoms with Crippen LogP contribution >= 0.6 is 0 Å². The maximum Gasteiger partial charge on any atom is 0.224 e. The van der Waals surface area contributed by atoms with Gasteiger partial charge in [0.15, 0.2) is 0 Å². The van der Waals surface area contributed by atoms with Gasteiger partial charge in [-0.15, -0.1) is 0 Å². The van der Waals surface area contributed by atoms with E-state index in [-0.39, 0.29) is 5.91 Å². The van der Waals surface area contributed by atoms with Crippen LogP contribution in [0.4, 0.5) is 5.69 Å². The van der Waals surface area contributed by atoms with E-state index in [2.05, 4.69) is 21.4 Å². The molecule has 0 atom stereocenters. The lowest BCUT2D eigenvalue weighted by atomic mass is 9.77. The van der Waals surface area contributed by atoms with Gasteiger partial charge in [-0.3, -0.25) is 14.8 Å². The van der Waals surface area contributed by atoms with Crippen LogP contribution in [0.5, 0.6) is 0 Å². The Hall–Kier alpha value is -2.75. The first-order valence-corrected chi connectivity index (χ1v) is 9.75. The lowest BCUT2D eigenvalue weighted by Crippen LogP contribution is -2.20. The molecule has 0 spiro atoms. The number of carbonyl (C=O) groups excluding carboxylic acids is 1. The molecular formula is C23H25N3O. The van der Waals surface area contributed by atoms with Crippen molar-refractivity contribution in [2.45, 2.75) is 44.9 Å². The van der Waals surface area contributed by atoms with E-state index >= 15 is 0 Å². The van der Waals surface area contributed by atoms with Gasteiger partial charge in [0, 0.05) is 24.5 Å². The predicted octanol–water partition coefficient (Wildman–Crippen LogP) is 5.24. The Balaban J connectivity index is 1.34. The van der Waals surface area contributed by atoms with Crippen LogP contribution in [0.2, 0.25) is 0 Å². The number of hydrogen-bond donors (Lipinski definition) is 1. The summed E-state index contributed by atoms with van der Waals surface area (Å²) in [6.07, 6.45) is 8.73. The van der Waals surface area contributed by atoms with E-state index in [1.807, 2.05) is 55.7 Å². The molecule has 138 valence electrons. The first-order valence-electron chi connectivity index (χ1n) is 9.75. The maximum atomic E-state index is 12.4. The number of pyridine rings is 2. The summed E-state index contributed by atoms with van der Waals surface area (Å²) in [5.41, 5.74) is 5.39. The van der Waals surface area contributed by atoms with E-state index in [9.17, 15) is 4.79 Å². The molecule has 1 N–H and O–H groups in total. The van der Waals surface area contributed by atoms with Crippen molar-refractivity contribution < 1.29 is 4.79 Å². The molecule has 0 saturated heterocycles. The summed E-state index contributed by atoms with van der Waals surface area (Å²) in [5.74, 6) is 1.10. The molecule has 2 aromatic heterocycles. The van der Waals surface area contributed by atoms with Gasteiger partial charge in [-0.2, -0.15) is 0 Å². The van der Waals surface area contributed by atoms with Crippen molar-refractivity contribution in [2.24, 2.45) is 5.92 Å². The Morgan fingerprint density at radius 3 is 2.56 bits per heavy atom. The third-order valence-corrected chi connectivity index (χ3v) is 5.62. The molecule has 4 rings (SSSR count). The van der Waals surface area contributed by atoms with Gasteiger partial charge in [-0.05, 0) is 80.3 Å². The van der Waals surface area contributed by atoms with Gasteiger partial charge < -0.3 is 5.32 Å². The van der Waals surface area contributed by atoms with Crippen LogP contribution in [0, 0.1) is 12.8 Å². The summed E-state index contributed by atoms with van der Waals surface area (Å²) in [5, 5.41) is 3.03. The molecule has 1 aliphatic rings. The number of aryl methyl sites for hydroxylation is 1. The first kappa shape index (κ1) is 17.7. The number of nitrogens with zero attached hydrogens (tertiary/aromatic N) is 2. The highest BCUT2D eigenvalue weighted by molar-refractivity contribution is 5.90. The van der Waals surface area contributed by atoms with E-state index in [1.165, 1.54) is 11.1 Å². The summed E-state index contributed by atoms with van der Waals surface area (Å²) >= 11 is 0. The van der Waals surface area contributed by atoms with Gasteiger partial charge >= 0.3 is 0 Å². The molecule has 0 bridgehead atoms. The van der Waals surface area contributed by atoms with E-state index in [4.69, 9.17) is 0 Å². The highest BCUT2D eigenvalue weighted by atomic mass is 16.1. The fourth-order valence-electron chi connectivity index (χ4n) is 4.12. The van der Waals surface area contributed by atoms with E-state index in [0.29, 0.717) is 18.3 Å². The highest BCUT2D eigenvalue weighted by Crippen LogP contribution is 2.38. The summed E-state index contributed by atoms with van der Waals surface area (Å²) in [4.78, 5) is 21.3. The number of nitrogens with one attached hydrogen (secondary N) is 1. The Bertz CT molecular complexity index is 923. The summed E-state index contributed by atoms with van der Waals surface area (Å²) in [7, 11) is 0. The van der Waals surface area contributed by atoms with Crippen LogP contribution in [-0.4, -0.2) is 15.9 Å². The molecule has 1 fully saturated rings. The SMILES string of the molecule is Cc1ccc(NC(=O)CC2CCC(c3ccnc4cccnc34)CC2)cc1. The Labute approximate surface area is 160 Å². The van der Waals surface area contributed by atoms with Crippen LogP contribution in [0.1, 0.15) is 49.1 Å². The van der Waals surface area contributed by atoms with Gasteiger partial charge in [0.05, 0.1) is 11.0 Å². The predicted molar refractivity (Wildman–Crippen MR) is 109 cm³/mol. The number of carbonyl (C=O) groups is 1. The Morgan fingerprint density at radius 1 is 1.00 bits per heavy atom. The normalized spacial score (nSPS) is 19.7. The average Bonchev–Trinajstić information content (AvgIpc) is 2.70. The van der Waals surface area contributed by atoms with Crippen LogP contribution < -0.4 is 5.32 Å². The zero-order valence-corrected chi connectivity index (χ0v) is 15.7. The van der Waals surface area contributed by atoms with Gasteiger partial charge in [0.2, 0.25) is 5.91 Å². The van der Waals surface area contributed by atoms with Crippen molar-refractivity contribution in [3.05, 3.63) is 66.0 Å². The number of hydrogen-bond acceptors (Lipinski definition) is 3. The molecule has 4 heteroatoms. The molecular weight excluding hydrogens is 334 g/mol. The fraction of sp³-hybridized carbons (Fsp3) is 0.348. The van der Waals surface area contributed by atoms with Gasteiger partial charge in [0.1, 0.15) is 0 Å². The van der Waals surface area contributed by atoms with Crippen molar-refractivity contribution in [1.82, 2.24) is 9.97 Å². The summed E-state index contributed by atoms with van der Waals surface area (Å²) in [6.45, 7) is 2.05. The van der Waals surface area contributed by atoms with Crippen molar-refractivity contribution >= 4 is 22.6 Å². The molecule has 0 radical (unpaired) electrons. The molecule has 3 aromatic rings. The molecule has 1 aliphatic carbocycles. The Kier molecular flexibility index (Phi) is 5.14. The lowest BCUT2D eigenvalue weighted by molar-refractivity contribution is -0.117. The van der Waals surface area contributed by atoms with Gasteiger partial charge in [-0.1, -0.05) is 17.7 Å². The Morgan fingerprint density at radius 2 is 1.78 bits per heavy atom. The molecule has 2 heterocycles. The van der Waals surface area contributed by atoms with Crippen molar-refractivity contribution in [2.75, 3.05) is 5.32 Å². The van der Waals surface area contributed by atoms with Gasteiger partial charge in [-0.25, -0.2) is 0 Å². The quantitative estimate of drug-likeness (QED) is 0.693. The molecule has 1 saturated carbocycles. The van der Waals surface area contributed by atoms with E-state index < -0.39 is 0 Å². The number of amides is 1. The first-order chi connectivity index (χ1) is 13.2. The third-order valence-electron chi connectivity index (χ3n) is 5.62. The molecule has 0 unspecified atom stereocenters. The van der Waals surface area contributed by atoms with Crippen molar-refractivity contribution in [3.8, 4) is 0 Å². The third kappa shape index (κ3) is 4.16. The molecule has 4 nitrogen and oxygen atoms in total. The molecule has 27 heavy (non-hydrogen) atoms. The number of aromatic nitrogens is 2. The number of fused-ring (bicyclic) bond motifs is 1. The number of rotatable bonds is 4. The van der Waals surface area contributed by atoms with Crippen LogP contribution in [-0.2, 0) is 4.79 Å². The van der Waals surface area contributed by atoms with Gasteiger partial charge in [0.25, 0.3) is 0 Å². The smallest absolute Gasteiger partial charge is 0.224 e. The molecule has 1 amide bonds. The fourth-order valence-corrected chi connectivity index (χ4v) is 4.12. The zero-order valence-electron chi connectivity index (χ0n) is 15.7. The van der Waals surface area contributed by atoms with Crippen LogP contribution in [0.3, 0.4) is 0 Å². The van der Waals surface area contributed by atoms with E-state index in [1.54, 1.807) is 0 Å². The van der Waals surface area contributed by atoms with Crippen molar-refractivity contribution in [3.63, 3.8) is 0 Å². The maximum absolute atomic E-state index is 12.4. The average molecular weight is 359 g/mol. The van der Waals surface area contributed by atoms with Crippen LogP contribution in [0.25, 0.3) is 11.0 Å². The molecule has 0 aliphatic heterocycles. The van der Waals surface area contributed by atoms with Crippen LogP contribution in [0.15, 0.2) is 54.9 Å². The zero-order chi connectivity index (χ0) is 18.6. The topological polar surface area (TPSA) is 54.9 Å². The minimum atomic E-state index is 0.123. The minimum Gasteiger partial charge on any atom is -0.326 e. The monoisotopic (exact) mass is 359 g/mol. The second-order valence-electron chi connectivity index (χ2n) is 7.61. The highest BCUT2D eigenvalue weighted by Gasteiger charge is 2.25. The van der Waals surface area contributed by atoms with E-state index in [0.717, 1.165) is 42.4 Å². The lowest BCUT2D eigenvalue weighted by Gasteiger charge is -2.28. The standard InChI is InChI=1S/C23H25N3O/c1-16-4-10-19(11-5-16)26-22(27)15-17-6-8-18(9-7-17)20-12-14-24-21-3-2-13-25-23(20)21/h2-5,10-14,17-18H,6-9,15H2,1H3,(H,26,27). The summed E-state index contributed by atoms with van der Waals surface area (Å²) < 4.78 is 0. The molecule has 1 aromatic carbocycles. The summed E-state index contributed by atoms with van der Waals surface area (Å²) in [6, 6.07) is 14.0.